The topological polar surface area (TPSA) is 52.9 Å². The molecule has 29 heavy (non-hydrogen) atoms. The van der Waals surface area contributed by atoms with E-state index in [9.17, 15) is 23.4 Å². The number of para-hydroxylation sites is 1. The summed E-state index contributed by atoms with van der Waals surface area (Å²) in [6.07, 6.45) is -6.89. The van der Waals surface area contributed by atoms with E-state index in [-0.39, 0.29) is 12.2 Å². The Bertz CT molecular complexity index is 784. The van der Waals surface area contributed by atoms with Gasteiger partial charge < -0.3 is 14.9 Å². The Hall–Kier alpha value is -2.09. The van der Waals surface area contributed by atoms with Crippen molar-refractivity contribution in [2.24, 2.45) is 0 Å². The molecule has 4 nitrogen and oxygen atoms in total. The first-order valence-corrected chi connectivity index (χ1v) is 9.69. The summed E-state index contributed by atoms with van der Waals surface area (Å²) in [6.45, 7) is 1.91. The predicted octanol–water partition coefficient (Wildman–Crippen LogP) is 3.91. The molecule has 0 radical (unpaired) electrons. The number of rotatable bonds is 7. The van der Waals surface area contributed by atoms with Crippen LogP contribution in [0.1, 0.15) is 24.0 Å². The van der Waals surface area contributed by atoms with Crippen molar-refractivity contribution in [2.45, 2.75) is 43.7 Å². The molecular formula is C22H26F3NO3. The molecule has 2 aromatic rings. The zero-order chi connectivity index (χ0) is 20.9. The third-order valence-electron chi connectivity index (χ3n) is 5.33. The van der Waals surface area contributed by atoms with Gasteiger partial charge >= 0.3 is 6.18 Å². The van der Waals surface area contributed by atoms with Crippen LogP contribution in [0.2, 0.25) is 0 Å². The summed E-state index contributed by atoms with van der Waals surface area (Å²) in [6, 6.07) is 16.2. The molecule has 1 fully saturated rings. The first-order valence-electron chi connectivity index (χ1n) is 9.69. The van der Waals surface area contributed by atoms with Crippen molar-refractivity contribution >= 4 is 0 Å². The molecule has 0 aliphatic carbocycles. The van der Waals surface area contributed by atoms with Crippen molar-refractivity contribution in [1.29, 1.82) is 0 Å². The van der Waals surface area contributed by atoms with E-state index in [1.54, 1.807) is 18.2 Å². The molecule has 1 aliphatic heterocycles. The van der Waals surface area contributed by atoms with Gasteiger partial charge in [-0.25, -0.2) is 0 Å². The summed E-state index contributed by atoms with van der Waals surface area (Å²) in [4.78, 5) is 2.08. The second-order valence-electron chi connectivity index (χ2n) is 7.60. The van der Waals surface area contributed by atoms with Gasteiger partial charge in [-0.15, -0.1) is 0 Å². The van der Waals surface area contributed by atoms with Crippen LogP contribution in [0.5, 0.6) is 5.75 Å². The number of morpholine rings is 1. The third kappa shape index (κ3) is 6.19. The molecule has 3 rings (SSSR count). The summed E-state index contributed by atoms with van der Waals surface area (Å²) in [7, 11) is 0. The molecule has 0 aromatic heterocycles. The lowest BCUT2D eigenvalue weighted by Crippen LogP contribution is -2.55. The minimum absolute atomic E-state index is 0.0464. The molecule has 0 saturated carbocycles. The maximum atomic E-state index is 12.9. The fourth-order valence-electron chi connectivity index (χ4n) is 3.72. The Balaban J connectivity index is 1.77. The third-order valence-corrected chi connectivity index (χ3v) is 5.33. The van der Waals surface area contributed by atoms with Crippen LogP contribution in [-0.2, 0) is 17.7 Å². The molecule has 1 aliphatic rings. The summed E-state index contributed by atoms with van der Waals surface area (Å²) in [5, 5.41) is 21.4. The number of benzene rings is 2. The second-order valence-corrected chi connectivity index (χ2v) is 7.60. The lowest BCUT2D eigenvalue weighted by Gasteiger charge is -2.42. The monoisotopic (exact) mass is 409 g/mol. The summed E-state index contributed by atoms with van der Waals surface area (Å²) in [5.41, 5.74) is -0.252. The highest BCUT2D eigenvalue weighted by atomic mass is 19.4. The Morgan fingerprint density at radius 1 is 1.00 bits per heavy atom. The molecular weight excluding hydrogens is 383 g/mol. The molecule has 2 atom stereocenters. The van der Waals surface area contributed by atoms with Gasteiger partial charge in [0.1, 0.15) is 5.75 Å². The van der Waals surface area contributed by atoms with Crippen molar-refractivity contribution < 1.29 is 28.1 Å². The molecule has 0 bridgehead atoms. The molecule has 1 saturated heterocycles. The van der Waals surface area contributed by atoms with Gasteiger partial charge in [-0.05, 0) is 23.6 Å². The fourth-order valence-corrected chi connectivity index (χ4v) is 3.72. The molecule has 1 heterocycles. The highest BCUT2D eigenvalue weighted by Gasteiger charge is 2.43. The van der Waals surface area contributed by atoms with Crippen LogP contribution in [0, 0.1) is 0 Å². The molecule has 158 valence electrons. The summed E-state index contributed by atoms with van der Waals surface area (Å²) in [5.74, 6) is -0.0464. The Kier molecular flexibility index (Phi) is 6.82. The van der Waals surface area contributed by atoms with Gasteiger partial charge in [0.15, 0.2) is 0 Å². The number of nitrogens with zero attached hydrogens (tertiary/aromatic N) is 1. The zero-order valence-electron chi connectivity index (χ0n) is 16.1. The van der Waals surface area contributed by atoms with Crippen LogP contribution in [-0.4, -0.2) is 52.7 Å². The Morgan fingerprint density at radius 3 is 2.38 bits per heavy atom. The highest BCUT2D eigenvalue weighted by molar-refractivity contribution is 5.33. The zero-order valence-corrected chi connectivity index (χ0v) is 16.1. The number of aliphatic hydroxyl groups is 1. The van der Waals surface area contributed by atoms with Crippen LogP contribution in [0.25, 0.3) is 0 Å². The SMILES string of the molecule is Oc1ccccc1CC(O)(CCC(F)(F)F)C1CN(Cc2ccccc2)CCO1. The van der Waals surface area contributed by atoms with E-state index < -0.39 is 30.7 Å². The van der Waals surface area contributed by atoms with E-state index in [2.05, 4.69) is 4.90 Å². The van der Waals surface area contributed by atoms with E-state index in [0.717, 1.165) is 5.56 Å². The maximum absolute atomic E-state index is 12.9. The highest BCUT2D eigenvalue weighted by Crippen LogP contribution is 2.34. The van der Waals surface area contributed by atoms with E-state index in [4.69, 9.17) is 4.74 Å². The van der Waals surface area contributed by atoms with E-state index in [1.165, 1.54) is 6.07 Å². The van der Waals surface area contributed by atoms with Gasteiger partial charge in [-0.2, -0.15) is 13.2 Å². The molecule has 0 spiro atoms. The van der Waals surface area contributed by atoms with Crippen molar-refractivity contribution in [1.82, 2.24) is 4.90 Å². The van der Waals surface area contributed by atoms with Gasteiger partial charge in [0.25, 0.3) is 0 Å². The average molecular weight is 409 g/mol. The minimum atomic E-state index is -4.38. The maximum Gasteiger partial charge on any atom is 0.389 e. The number of hydrogen-bond acceptors (Lipinski definition) is 4. The van der Waals surface area contributed by atoms with Crippen LogP contribution in [0.15, 0.2) is 54.6 Å². The number of halogens is 3. The quantitative estimate of drug-likeness (QED) is 0.728. The number of phenols is 1. The number of aromatic hydroxyl groups is 1. The molecule has 2 unspecified atom stereocenters. The minimum Gasteiger partial charge on any atom is -0.508 e. The largest absolute Gasteiger partial charge is 0.508 e. The van der Waals surface area contributed by atoms with Crippen LogP contribution < -0.4 is 0 Å². The molecule has 2 aromatic carbocycles. The second kappa shape index (κ2) is 9.15. The lowest BCUT2D eigenvalue weighted by molar-refractivity contribution is -0.177. The Labute approximate surface area is 168 Å². The first-order chi connectivity index (χ1) is 13.8. The van der Waals surface area contributed by atoms with E-state index in [1.807, 2.05) is 30.3 Å². The van der Waals surface area contributed by atoms with Gasteiger partial charge in [-0.1, -0.05) is 48.5 Å². The van der Waals surface area contributed by atoms with Crippen molar-refractivity contribution in [3.63, 3.8) is 0 Å². The molecule has 2 N–H and O–H groups in total. The normalized spacial score (nSPS) is 20.3. The number of alkyl halides is 3. The number of phenolic OH excluding ortho intramolecular Hbond substituents is 1. The average Bonchev–Trinajstić information content (AvgIpc) is 2.69. The van der Waals surface area contributed by atoms with Crippen molar-refractivity contribution in [2.75, 3.05) is 19.7 Å². The predicted molar refractivity (Wildman–Crippen MR) is 104 cm³/mol. The smallest absolute Gasteiger partial charge is 0.389 e. The van der Waals surface area contributed by atoms with Gasteiger partial charge in [-0.3, -0.25) is 4.90 Å². The van der Waals surface area contributed by atoms with Crippen molar-refractivity contribution in [3.05, 3.63) is 65.7 Å². The summed E-state index contributed by atoms with van der Waals surface area (Å²) >= 11 is 0. The van der Waals surface area contributed by atoms with E-state index in [0.29, 0.717) is 31.8 Å². The van der Waals surface area contributed by atoms with Crippen LogP contribution >= 0.6 is 0 Å². The molecule has 7 heteroatoms. The van der Waals surface area contributed by atoms with Crippen molar-refractivity contribution in [3.8, 4) is 5.75 Å². The van der Waals surface area contributed by atoms with Gasteiger partial charge in [0, 0.05) is 32.5 Å². The van der Waals surface area contributed by atoms with Crippen LogP contribution in [0.4, 0.5) is 13.2 Å². The number of ether oxygens (including phenoxy) is 1. The standard InChI is InChI=1S/C22H26F3NO3/c23-22(24,25)11-10-21(28,14-18-8-4-5-9-19(18)27)20-16-26(12-13-29-20)15-17-6-2-1-3-7-17/h1-9,20,27-28H,10-16H2. The van der Waals surface area contributed by atoms with Gasteiger partial charge in [0.05, 0.1) is 18.3 Å². The lowest BCUT2D eigenvalue weighted by atomic mass is 9.83. The summed E-state index contributed by atoms with van der Waals surface area (Å²) < 4.78 is 44.5. The van der Waals surface area contributed by atoms with Gasteiger partial charge in [0.2, 0.25) is 0 Å². The first kappa shape index (κ1) is 21.6. The fraction of sp³-hybridized carbons (Fsp3) is 0.455. The number of hydrogen-bond donors (Lipinski definition) is 2. The van der Waals surface area contributed by atoms with E-state index >= 15 is 0 Å². The van der Waals surface area contributed by atoms with Crippen LogP contribution in [0.3, 0.4) is 0 Å². The Morgan fingerprint density at radius 2 is 1.69 bits per heavy atom. The molecule has 0 amide bonds.